The molecule has 10 heteroatoms. The molecule has 0 aliphatic rings. The van der Waals surface area contributed by atoms with Gasteiger partial charge in [-0.1, -0.05) is 35.0 Å². The molecule has 2 N–H and O–H groups in total. The molecule has 152 valence electrons. The molecule has 0 spiro atoms. The smallest absolute Gasteiger partial charge is 0.229 e. The highest BCUT2D eigenvalue weighted by atomic mass is 35.5. The Balaban J connectivity index is 1.53. The Morgan fingerprint density at radius 1 is 1.14 bits per heavy atom. The van der Waals surface area contributed by atoms with Crippen molar-refractivity contribution in [1.29, 1.82) is 0 Å². The second-order valence-corrected chi connectivity index (χ2v) is 8.51. The Morgan fingerprint density at radius 2 is 1.86 bits per heavy atom. The van der Waals surface area contributed by atoms with Gasteiger partial charge in [0.2, 0.25) is 27.6 Å². The van der Waals surface area contributed by atoms with Crippen molar-refractivity contribution in [3.63, 3.8) is 0 Å². The first-order valence-electron chi connectivity index (χ1n) is 8.71. The number of aromatic nitrogens is 2. The number of carbonyl (C=O) groups excluding carboxylic acids is 1. The van der Waals surface area contributed by atoms with Gasteiger partial charge >= 0.3 is 0 Å². The number of hydrogen-bond donors (Lipinski definition) is 2. The van der Waals surface area contributed by atoms with Gasteiger partial charge in [0, 0.05) is 23.6 Å². The molecule has 1 aromatic heterocycles. The van der Waals surface area contributed by atoms with Crippen LogP contribution in [0.2, 0.25) is 5.02 Å². The van der Waals surface area contributed by atoms with E-state index >= 15 is 0 Å². The lowest BCUT2D eigenvalue weighted by Gasteiger charge is -2.10. The first-order chi connectivity index (χ1) is 13.8. The maximum atomic E-state index is 12.2. The summed E-state index contributed by atoms with van der Waals surface area (Å²) in [5.41, 5.74) is 1.75. The highest BCUT2D eigenvalue weighted by Gasteiger charge is 2.12. The van der Waals surface area contributed by atoms with E-state index in [1.165, 1.54) is 0 Å². The Hall–Kier alpha value is -2.91. The molecule has 0 radical (unpaired) electrons. The maximum Gasteiger partial charge on any atom is 0.229 e. The van der Waals surface area contributed by atoms with Crippen LogP contribution in [-0.2, 0) is 27.7 Å². The lowest BCUT2D eigenvalue weighted by molar-refractivity contribution is -0.120. The number of para-hydroxylation sites is 1. The number of nitrogens with zero attached hydrogens (tertiary/aromatic N) is 2. The normalized spacial score (nSPS) is 11.2. The van der Waals surface area contributed by atoms with Crippen molar-refractivity contribution in [2.75, 3.05) is 17.5 Å². The van der Waals surface area contributed by atoms with Gasteiger partial charge in [-0.25, -0.2) is 8.42 Å². The Labute approximate surface area is 173 Å². The van der Waals surface area contributed by atoms with Crippen molar-refractivity contribution < 1.29 is 17.7 Å². The zero-order valence-electron chi connectivity index (χ0n) is 15.6. The van der Waals surface area contributed by atoms with Crippen LogP contribution in [0.1, 0.15) is 11.5 Å². The standard InChI is InChI=1S/C19H19ClN4O4S/c1-29(26,27)24-16-5-3-2-4-14(16)12-17(25)21-11-10-18-22-19(23-28-18)13-6-8-15(20)9-7-13/h2-9,24H,10-12H2,1H3,(H,21,25). The number of hydrogen-bond acceptors (Lipinski definition) is 6. The molecule has 8 nitrogen and oxygen atoms in total. The summed E-state index contributed by atoms with van der Waals surface area (Å²) >= 11 is 5.86. The van der Waals surface area contributed by atoms with Crippen molar-refractivity contribution in [2.24, 2.45) is 0 Å². The molecular weight excluding hydrogens is 416 g/mol. The summed E-state index contributed by atoms with van der Waals surface area (Å²) in [6, 6.07) is 13.8. The van der Waals surface area contributed by atoms with Gasteiger partial charge in [0.1, 0.15) is 0 Å². The van der Waals surface area contributed by atoms with Gasteiger partial charge in [-0.2, -0.15) is 4.98 Å². The quantitative estimate of drug-likeness (QED) is 0.563. The molecule has 0 aliphatic heterocycles. The van der Waals surface area contributed by atoms with Crippen LogP contribution < -0.4 is 10.0 Å². The summed E-state index contributed by atoms with van der Waals surface area (Å²) in [5.74, 6) is 0.600. The van der Waals surface area contributed by atoms with Gasteiger partial charge in [-0.05, 0) is 35.9 Å². The van der Waals surface area contributed by atoms with Crippen molar-refractivity contribution >= 4 is 33.2 Å². The summed E-state index contributed by atoms with van der Waals surface area (Å²) in [5, 5.41) is 7.30. The van der Waals surface area contributed by atoms with Crippen LogP contribution in [0.3, 0.4) is 0 Å². The van der Waals surface area contributed by atoms with Crippen molar-refractivity contribution in [1.82, 2.24) is 15.5 Å². The number of amides is 1. The van der Waals surface area contributed by atoms with E-state index in [1.807, 2.05) is 0 Å². The van der Waals surface area contributed by atoms with E-state index in [-0.39, 0.29) is 12.3 Å². The van der Waals surface area contributed by atoms with Gasteiger partial charge in [0.25, 0.3) is 0 Å². The minimum Gasteiger partial charge on any atom is -0.355 e. The number of sulfonamides is 1. The van der Waals surface area contributed by atoms with E-state index in [2.05, 4.69) is 20.2 Å². The van der Waals surface area contributed by atoms with Crippen LogP contribution in [0.15, 0.2) is 53.1 Å². The van der Waals surface area contributed by atoms with Crippen LogP contribution in [0, 0.1) is 0 Å². The first-order valence-corrected chi connectivity index (χ1v) is 11.0. The molecule has 3 rings (SSSR count). The number of benzene rings is 2. The lowest BCUT2D eigenvalue weighted by Crippen LogP contribution is -2.27. The van der Waals surface area contributed by atoms with Gasteiger partial charge in [0.05, 0.1) is 18.4 Å². The van der Waals surface area contributed by atoms with Crippen molar-refractivity contribution in [3.8, 4) is 11.4 Å². The molecule has 0 bridgehead atoms. The SMILES string of the molecule is CS(=O)(=O)Nc1ccccc1CC(=O)NCCc1nc(-c2ccc(Cl)cc2)no1. The molecule has 3 aromatic rings. The molecule has 0 atom stereocenters. The van der Waals surface area contributed by atoms with Gasteiger partial charge in [-0.15, -0.1) is 0 Å². The number of rotatable bonds is 8. The second-order valence-electron chi connectivity index (χ2n) is 6.33. The number of nitrogens with one attached hydrogen (secondary N) is 2. The number of anilines is 1. The Morgan fingerprint density at radius 3 is 2.59 bits per heavy atom. The maximum absolute atomic E-state index is 12.2. The van der Waals surface area contributed by atoms with E-state index in [9.17, 15) is 13.2 Å². The first kappa shape index (κ1) is 20.8. The molecular formula is C19H19ClN4O4S. The fourth-order valence-corrected chi connectivity index (χ4v) is 3.32. The summed E-state index contributed by atoms with van der Waals surface area (Å²) in [4.78, 5) is 16.5. The minimum atomic E-state index is -3.43. The van der Waals surface area contributed by atoms with E-state index < -0.39 is 10.0 Å². The molecule has 0 aliphatic carbocycles. The minimum absolute atomic E-state index is 0.0402. The van der Waals surface area contributed by atoms with Gasteiger partial charge in [-0.3, -0.25) is 9.52 Å². The highest BCUT2D eigenvalue weighted by Crippen LogP contribution is 2.19. The van der Waals surface area contributed by atoms with Crippen LogP contribution in [-0.4, -0.2) is 37.3 Å². The van der Waals surface area contributed by atoms with E-state index in [0.29, 0.717) is 41.0 Å². The zero-order chi connectivity index (χ0) is 20.9. The predicted octanol–water partition coefficient (Wildman–Crippen LogP) is 2.66. The van der Waals surface area contributed by atoms with Crippen LogP contribution in [0.25, 0.3) is 11.4 Å². The molecule has 0 unspecified atom stereocenters. The average molecular weight is 435 g/mol. The van der Waals surface area contributed by atoms with Gasteiger partial charge < -0.3 is 9.84 Å². The predicted molar refractivity (Wildman–Crippen MR) is 110 cm³/mol. The zero-order valence-corrected chi connectivity index (χ0v) is 17.1. The fraction of sp³-hybridized carbons (Fsp3) is 0.211. The summed E-state index contributed by atoms with van der Waals surface area (Å²) in [7, 11) is -3.43. The van der Waals surface area contributed by atoms with E-state index in [1.54, 1.807) is 48.5 Å². The highest BCUT2D eigenvalue weighted by molar-refractivity contribution is 7.92. The largest absolute Gasteiger partial charge is 0.355 e. The van der Waals surface area contributed by atoms with E-state index in [0.717, 1.165) is 11.8 Å². The summed E-state index contributed by atoms with van der Waals surface area (Å²) in [6.07, 6.45) is 1.47. The van der Waals surface area contributed by atoms with Crippen LogP contribution >= 0.6 is 11.6 Å². The molecule has 29 heavy (non-hydrogen) atoms. The van der Waals surface area contributed by atoms with Gasteiger partial charge in [0.15, 0.2) is 0 Å². The third kappa shape index (κ3) is 6.30. The second kappa shape index (κ2) is 9.06. The lowest BCUT2D eigenvalue weighted by atomic mass is 10.1. The topological polar surface area (TPSA) is 114 Å². The van der Waals surface area contributed by atoms with E-state index in [4.69, 9.17) is 16.1 Å². The molecule has 0 saturated heterocycles. The summed E-state index contributed by atoms with van der Waals surface area (Å²) in [6.45, 7) is 0.308. The third-order valence-electron chi connectivity index (χ3n) is 3.90. The van der Waals surface area contributed by atoms with Crippen LogP contribution in [0.5, 0.6) is 0 Å². The average Bonchev–Trinajstić information content (AvgIpc) is 3.12. The number of carbonyl (C=O) groups is 1. The Bertz CT molecular complexity index is 1100. The molecule has 1 amide bonds. The molecule has 1 heterocycles. The van der Waals surface area contributed by atoms with Crippen LogP contribution in [0.4, 0.5) is 5.69 Å². The molecule has 2 aromatic carbocycles. The third-order valence-corrected chi connectivity index (χ3v) is 4.74. The summed E-state index contributed by atoms with van der Waals surface area (Å²) < 4.78 is 30.5. The molecule has 0 fully saturated rings. The van der Waals surface area contributed by atoms with Crippen molar-refractivity contribution in [3.05, 3.63) is 65.0 Å². The van der Waals surface area contributed by atoms with Crippen molar-refractivity contribution in [2.45, 2.75) is 12.8 Å². The molecule has 0 saturated carbocycles. The monoisotopic (exact) mass is 434 g/mol. The fourth-order valence-electron chi connectivity index (χ4n) is 2.59. The number of halogens is 1. The Kier molecular flexibility index (Phi) is 6.50.